The second-order valence-corrected chi connectivity index (χ2v) is 7.52. The Hall–Kier alpha value is -1.07. The highest BCUT2D eigenvalue weighted by molar-refractivity contribution is 7.15. The summed E-state index contributed by atoms with van der Waals surface area (Å²) in [6.45, 7) is 5.29. The van der Waals surface area contributed by atoms with E-state index in [0.717, 1.165) is 16.5 Å². The number of rotatable bonds is 3. The summed E-state index contributed by atoms with van der Waals surface area (Å²) in [6.07, 6.45) is 7.15. The minimum Gasteiger partial charge on any atom is -0.355 e. The van der Waals surface area contributed by atoms with Crippen molar-refractivity contribution in [1.29, 1.82) is 0 Å². The van der Waals surface area contributed by atoms with E-state index < -0.39 is 0 Å². The molecule has 2 heterocycles. The summed E-state index contributed by atoms with van der Waals surface area (Å²) in [5.41, 5.74) is 7.58. The van der Waals surface area contributed by atoms with Gasteiger partial charge in [-0.05, 0) is 31.1 Å². The predicted octanol–water partition coefficient (Wildman–Crippen LogP) is 3.26. The molecule has 1 aliphatic carbocycles. The van der Waals surface area contributed by atoms with Gasteiger partial charge in [0.1, 0.15) is 0 Å². The number of hydrogen-bond donors (Lipinski definition) is 1. The Labute approximate surface area is 124 Å². The van der Waals surface area contributed by atoms with E-state index in [1.54, 1.807) is 11.3 Å². The van der Waals surface area contributed by atoms with Gasteiger partial charge in [-0.3, -0.25) is 4.40 Å². The van der Waals surface area contributed by atoms with Gasteiger partial charge >= 0.3 is 0 Å². The lowest BCUT2D eigenvalue weighted by molar-refractivity contribution is 0.222. The van der Waals surface area contributed by atoms with Crippen molar-refractivity contribution in [2.24, 2.45) is 11.1 Å². The molecule has 2 N–H and O–H groups in total. The Kier molecular flexibility index (Phi) is 3.50. The van der Waals surface area contributed by atoms with Crippen molar-refractivity contribution in [3.8, 4) is 0 Å². The molecule has 1 fully saturated rings. The molecule has 2 aromatic heterocycles. The molecule has 0 spiro atoms. The molecule has 0 atom stereocenters. The van der Waals surface area contributed by atoms with Gasteiger partial charge in [-0.1, -0.05) is 13.8 Å². The summed E-state index contributed by atoms with van der Waals surface area (Å²) in [5, 5.41) is 2.06. The lowest BCUT2D eigenvalue weighted by Gasteiger charge is -2.39. The normalized spacial score (nSPS) is 19.6. The lowest BCUT2D eigenvalue weighted by atomic mass is 9.75. The van der Waals surface area contributed by atoms with Gasteiger partial charge in [0.25, 0.3) is 0 Å². The summed E-state index contributed by atoms with van der Waals surface area (Å²) in [6, 6.07) is 0.595. The van der Waals surface area contributed by atoms with Crippen LogP contribution in [0.2, 0.25) is 0 Å². The Morgan fingerprint density at radius 3 is 2.80 bits per heavy atom. The van der Waals surface area contributed by atoms with Crippen molar-refractivity contribution in [3.05, 3.63) is 17.3 Å². The second-order valence-electron chi connectivity index (χ2n) is 6.65. The Morgan fingerprint density at radius 2 is 2.15 bits per heavy atom. The van der Waals surface area contributed by atoms with E-state index >= 15 is 0 Å². The molecule has 0 aliphatic heterocycles. The van der Waals surface area contributed by atoms with E-state index in [1.807, 2.05) is 0 Å². The van der Waals surface area contributed by atoms with Crippen molar-refractivity contribution >= 4 is 22.1 Å². The molecule has 1 aliphatic rings. The maximum Gasteiger partial charge on any atom is 0.195 e. The zero-order chi connectivity index (χ0) is 14.3. The Balaban J connectivity index is 1.85. The van der Waals surface area contributed by atoms with Crippen molar-refractivity contribution in [2.45, 2.75) is 52.1 Å². The number of hydrogen-bond acceptors (Lipinski definition) is 4. The molecule has 2 aromatic rings. The van der Waals surface area contributed by atoms with Crippen LogP contribution < -0.4 is 10.6 Å². The zero-order valence-corrected chi connectivity index (χ0v) is 13.4. The minimum absolute atomic E-state index is 0.503. The van der Waals surface area contributed by atoms with Crippen LogP contribution in [0.5, 0.6) is 0 Å². The molecule has 0 aromatic carbocycles. The summed E-state index contributed by atoms with van der Waals surface area (Å²) >= 11 is 1.67. The maximum atomic E-state index is 5.95. The molecule has 5 heteroatoms. The highest BCUT2D eigenvalue weighted by atomic mass is 32.1. The average Bonchev–Trinajstić information content (AvgIpc) is 2.97. The predicted molar refractivity (Wildman–Crippen MR) is 85.4 cm³/mol. The SMILES string of the molecule is CN(c1nc2sccn2c1CN)C1CCC(C)(C)CC1. The molecule has 0 bridgehead atoms. The van der Waals surface area contributed by atoms with Crippen LogP contribution in [-0.2, 0) is 6.54 Å². The monoisotopic (exact) mass is 292 g/mol. The fourth-order valence-electron chi connectivity index (χ4n) is 3.24. The summed E-state index contributed by atoms with van der Waals surface area (Å²) in [7, 11) is 2.18. The fourth-order valence-corrected chi connectivity index (χ4v) is 3.97. The third-order valence-corrected chi connectivity index (χ3v) is 5.48. The van der Waals surface area contributed by atoms with Crippen molar-refractivity contribution in [1.82, 2.24) is 9.38 Å². The number of nitrogens with two attached hydrogens (primary N) is 1. The van der Waals surface area contributed by atoms with Gasteiger partial charge < -0.3 is 10.6 Å². The van der Waals surface area contributed by atoms with Gasteiger partial charge in [-0.15, -0.1) is 11.3 Å². The van der Waals surface area contributed by atoms with Crippen LogP contribution in [0.1, 0.15) is 45.2 Å². The first-order valence-corrected chi connectivity index (χ1v) is 8.27. The number of imidazole rings is 1. The van der Waals surface area contributed by atoms with E-state index in [-0.39, 0.29) is 0 Å². The number of thiazole rings is 1. The highest BCUT2D eigenvalue weighted by Gasteiger charge is 2.30. The van der Waals surface area contributed by atoms with Crippen LogP contribution in [0.4, 0.5) is 5.82 Å². The molecule has 0 unspecified atom stereocenters. The second kappa shape index (κ2) is 5.04. The molecular formula is C15H24N4S. The van der Waals surface area contributed by atoms with Crippen LogP contribution in [0, 0.1) is 5.41 Å². The summed E-state index contributed by atoms with van der Waals surface area (Å²) < 4.78 is 2.13. The zero-order valence-electron chi connectivity index (χ0n) is 12.6. The van der Waals surface area contributed by atoms with Crippen molar-refractivity contribution in [3.63, 3.8) is 0 Å². The molecule has 20 heavy (non-hydrogen) atoms. The van der Waals surface area contributed by atoms with E-state index in [1.165, 1.54) is 25.7 Å². The van der Waals surface area contributed by atoms with Gasteiger partial charge in [0.05, 0.1) is 5.69 Å². The Morgan fingerprint density at radius 1 is 1.45 bits per heavy atom. The number of anilines is 1. The van der Waals surface area contributed by atoms with Gasteiger partial charge in [-0.25, -0.2) is 4.98 Å². The van der Waals surface area contributed by atoms with Gasteiger partial charge in [0.2, 0.25) is 0 Å². The quantitative estimate of drug-likeness (QED) is 0.944. The number of aromatic nitrogens is 2. The third kappa shape index (κ3) is 2.33. The maximum absolute atomic E-state index is 5.95. The van der Waals surface area contributed by atoms with Crippen LogP contribution in [0.3, 0.4) is 0 Å². The van der Waals surface area contributed by atoms with Gasteiger partial charge in [0.15, 0.2) is 10.8 Å². The fraction of sp³-hybridized carbons (Fsp3) is 0.667. The van der Waals surface area contributed by atoms with E-state index in [4.69, 9.17) is 10.7 Å². The first-order valence-electron chi connectivity index (χ1n) is 7.39. The first kappa shape index (κ1) is 13.9. The lowest BCUT2D eigenvalue weighted by Crippen LogP contribution is -2.38. The number of nitrogens with zero attached hydrogens (tertiary/aromatic N) is 3. The molecule has 0 radical (unpaired) electrons. The van der Waals surface area contributed by atoms with Crippen LogP contribution >= 0.6 is 11.3 Å². The van der Waals surface area contributed by atoms with E-state index in [2.05, 4.69) is 41.8 Å². The van der Waals surface area contributed by atoms with Crippen molar-refractivity contribution < 1.29 is 0 Å². The highest BCUT2D eigenvalue weighted by Crippen LogP contribution is 2.38. The molecule has 0 amide bonds. The van der Waals surface area contributed by atoms with Gasteiger partial charge in [0, 0.05) is 31.2 Å². The Bertz CT molecular complexity index is 588. The van der Waals surface area contributed by atoms with Crippen LogP contribution in [0.15, 0.2) is 11.6 Å². The molecular weight excluding hydrogens is 268 g/mol. The summed E-state index contributed by atoms with van der Waals surface area (Å²) in [5.74, 6) is 1.07. The largest absolute Gasteiger partial charge is 0.355 e. The molecule has 110 valence electrons. The molecule has 3 rings (SSSR count). The number of fused-ring (bicyclic) bond motifs is 1. The minimum atomic E-state index is 0.503. The molecule has 0 saturated heterocycles. The van der Waals surface area contributed by atoms with Crippen LogP contribution in [-0.4, -0.2) is 22.5 Å². The average molecular weight is 292 g/mol. The van der Waals surface area contributed by atoms with Gasteiger partial charge in [-0.2, -0.15) is 0 Å². The topological polar surface area (TPSA) is 46.6 Å². The van der Waals surface area contributed by atoms with Crippen LogP contribution in [0.25, 0.3) is 4.96 Å². The summed E-state index contributed by atoms with van der Waals surface area (Å²) in [4.78, 5) is 8.19. The smallest absolute Gasteiger partial charge is 0.195 e. The van der Waals surface area contributed by atoms with E-state index in [9.17, 15) is 0 Å². The van der Waals surface area contributed by atoms with Crippen molar-refractivity contribution in [2.75, 3.05) is 11.9 Å². The first-order chi connectivity index (χ1) is 9.52. The molecule has 4 nitrogen and oxygen atoms in total. The standard InChI is InChI=1S/C15H24N4S/c1-15(2)6-4-11(5-7-15)18(3)13-12(10-16)19-8-9-20-14(19)17-13/h8-9,11H,4-7,10,16H2,1-3H3. The third-order valence-electron chi connectivity index (χ3n) is 4.72. The van der Waals surface area contributed by atoms with E-state index in [0.29, 0.717) is 18.0 Å². The molecule has 1 saturated carbocycles.